The number of rotatable bonds is 11. The predicted octanol–water partition coefficient (Wildman–Crippen LogP) is 2.45. The molecule has 1 saturated heterocycles. The van der Waals surface area contributed by atoms with Crippen LogP contribution in [0, 0.1) is 0 Å². The normalized spacial score (nSPS) is 25.8. The Hall–Kier alpha value is -2.26. The Balaban J connectivity index is 1.74. The second kappa shape index (κ2) is 12.0. The van der Waals surface area contributed by atoms with Gasteiger partial charge in [0, 0.05) is 0 Å². The number of methoxy groups -OCH3 is 1. The van der Waals surface area contributed by atoms with Crippen LogP contribution >= 0.6 is 0 Å². The zero-order valence-electron chi connectivity index (χ0n) is 17.6. The minimum atomic E-state index is -1.10. The lowest BCUT2D eigenvalue weighted by atomic mass is 9.98. The number of aliphatic hydroxyl groups excluding tert-OH is 2. The highest BCUT2D eigenvalue weighted by atomic mass is 16.7. The molecule has 2 aromatic rings. The third-order valence-electron chi connectivity index (χ3n) is 5.06. The zero-order chi connectivity index (χ0) is 22.1. The molecule has 1 aliphatic rings. The Labute approximate surface area is 182 Å². The van der Waals surface area contributed by atoms with Crippen LogP contribution in [0.15, 0.2) is 67.3 Å². The van der Waals surface area contributed by atoms with Crippen molar-refractivity contribution in [3.8, 4) is 5.75 Å². The third kappa shape index (κ3) is 6.36. The molecule has 7 nitrogen and oxygen atoms in total. The summed E-state index contributed by atoms with van der Waals surface area (Å²) >= 11 is 0. The van der Waals surface area contributed by atoms with Gasteiger partial charge in [-0.1, -0.05) is 48.5 Å². The van der Waals surface area contributed by atoms with Gasteiger partial charge in [0.25, 0.3) is 0 Å². The molecular weight excluding hydrogens is 400 g/mol. The largest absolute Gasteiger partial charge is 0.497 e. The van der Waals surface area contributed by atoms with Gasteiger partial charge in [0.05, 0.1) is 33.5 Å². The smallest absolute Gasteiger partial charge is 0.187 e. The van der Waals surface area contributed by atoms with Gasteiger partial charge < -0.3 is 33.9 Å². The Morgan fingerprint density at radius 1 is 0.935 bits per heavy atom. The van der Waals surface area contributed by atoms with Crippen LogP contribution in [0.25, 0.3) is 0 Å². The molecule has 0 spiro atoms. The first-order chi connectivity index (χ1) is 15.2. The molecule has 0 saturated carbocycles. The van der Waals surface area contributed by atoms with E-state index in [1.807, 2.05) is 54.6 Å². The molecule has 2 N–H and O–H groups in total. The van der Waals surface area contributed by atoms with E-state index in [9.17, 15) is 10.2 Å². The number of aliphatic hydroxyl groups is 2. The van der Waals surface area contributed by atoms with Gasteiger partial charge >= 0.3 is 0 Å². The van der Waals surface area contributed by atoms with Gasteiger partial charge in [0.2, 0.25) is 0 Å². The monoisotopic (exact) mass is 430 g/mol. The van der Waals surface area contributed by atoms with Gasteiger partial charge in [-0.15, -0.1) is 6.58 Å². The average molecular weight is 430 g/mol. The van der Waals surface area contributed by atoms with Crippen molar-refractivity contribution in [1.82, 2.24) is 0 Å². The van der Waals surface area contributed by atoms with Crippen molar-refractivity contribution in [3.63, 3.8) is 0 Å². The van der Waals surface area contributed by atoms with E-state index < -0.39 is 30.7 Å². The van der Waals surface area contributed by atoms with Crippen LogP contribution < -0.4 is 4.74 Å². The van der Waals surface area contributed by atoms with E-state index in [2.05, 4.69) is 6.58 Å². The fourth-order valence-electron chi connectivity index (χ4n) is 3.42. The van der Waals surface area contributed by atoms with Crippen molar-refractivity contribution in [3.05, 3.63) is 78.4 Å². The number of hydrogen-bond acceptors (Lipinski definition) is 7. The maximum Gasteiger partial charge on any atom is 0.187 e. The summed E-state index contributed by atoms with van der Waals surface area (Å²) in [6, 6.07) is 17.1. The summed E-state index contributed by atoms with van der Waals surface area (Å²) in [5.74, 6) is 0.750. The molecule has 168 valence electrons. The molecule has 1 heterocycles. The van der Waals surface area contributed by atoms with Crippen molar-refractivity contribution in [2.75, 3.05) is 20.3 Å². The lowest BCUT2D eigenvalue weighted by Crippen LogP contribution is -2.60. The van der Waals surface area contributed by atoms with Gasteiger partial charge in [0.15, 0.2) is 6.29 Å². The summed E-state index contributed by atoms with van der Waals surface area (Å²) in [5.41, 5.74) is 1.87. The van der Waals surface area contributed by atoms with Crippen molar-refractivity contribution < 1.29 is 33.9 Å². The van der Waals surface area contributed by atoms with Crippen LogP contribution in [0.2, 0.25) is 0 Å². The second-order valence-corrected chi connectivity index (χ2v) is 7.22. The van der Waals surface area contributed by atoms with E-state index >= 15 is 0 Å². The first-order valence-corrected chi connectivity index (χ1v) is 10.2. The maximum atomic E-state index is 10.9. The molecule has 7 heteroatoms. The van der Waals surface area contributed by atoms with E-state index in [1.54, 1.807) is 13.2 Å². The van der Waals surface area contributed by atoms with Crippen LogP contribution in [-0.4, -0.2) is 61.2 Å². The van der Waals surface area contributed by atoms with Crippen LogP contribution in [0.3, 0.4) is 0 Å². The first-order valence-electron chi connectivity index (χ1n) is 10.2. The van der Waals surface area contributed by atoms with E-state index in [4.69, 9.17) is 23.7 Å². The van der Waals surface area contributed by atoms with Gasteiger partial charge in [-0.3, -0.25) is 0 Å². The van der Waals surface area contributed by atoms with Crippen molar-refractivity contribution >= 4 is 0 Å². The highest BCUT2D eigenvalue weighted by Crippen LogP contribution is 2.28. The number of benzene rings is 2. The summed E-state index contributed by atoms with van der Waals surface area (Å²) in [6.07, 6.45) is -2.69. The third-order valence-corrected chi connectivity index (χ3v) is 5.06. The second-order valence-electron chi connectivity index (χ2n) is 7.22. The summed E-state index contributed by atoms with van der Waals surface area (Å²) < 4.78 is 28.7. The molecule has 31 heavy (non-hydrogen) atoms. The lowest BCUT2D eigenvalue weighted by molar-refractivity contribution is -0.314. The van der Waals surface area contributed by atoms with Gasteiger partial charge in [-0.25, -0.2) is 0 Å². The zero-order valence-corrected chi connectivity index (χ0v) is 17.6. The van der Waals surface area contributed by atoms with Gasteiger partial charge in [-0.2, -0.15) is 0 Å². The highest BCUT2D eigenvalue weighted by molar-refractivity contribution is 5.26. The molecule has 0 amide bonds. The van der Waals surface area contributed by atoms with Crippen LogP contribution in [0.5, 0.6) is 5.75 Å². The minimum Gasteiger partial charge on any atom is -0.497 e. The van der Waals surface area contributed by atoms with Crippen molar-refractivity contribution in [1.29, 1.82) is 0 Å². The van der Waals surface area contributed by atoms with Crippen LogP contribution in [-0.2, 0) is 32.2 Å². The molecule has 3 rings (SSSR count). The van der Waals surface area contributed by atoms with E-state index in [0.717, 1.165) is 16.9 Å². The molecule has 0 aromatic heterocycles. The summed E-state index contributed by atoms with van der Waals surface area (Å²) in [7, 11) is 1.61. The SMILES string of the molecule is C=CCO[C@@H]1O[C@H](CO)[C@@H](OCc2ccc(OC)cc2)[C@H](OCc2ccccc2)[C@H]1O. The fourth-order valence-corrected chi connectivity index (χ4v) is 3.42. The molecule has 0 bridgehead atoms. The number of hydrogen-bond donors (Lipinski definition) is 2. The van der Waals surface area contributed by atoms with Crippen molar-refractivity contribution in [2.24, 2.45) is 0 Å². The van der Waals surface area contributed by atoms with E-state index in [-0.39, 0.29) is 26.4 Å². The van der Waals surface area contributed by atoms with E-state index in [1.165, 1.54) is 0 Å². The first kappa shape index (κ1) is 23.4. The fraction of sp³-hybridized carbons (Fsp3) is 0.417. The lowest BCUT2D eigenvalue weighted by Gasteiger charge is -2.43. The Morgan fingerprint density at radius 2 is 1.58 bits per heavy atom. The molecule has 1 fully saturated rings. The standard InChI is InChI=1S/C24H30O7/c1-3-13-28-24-21(26)23(30-15-17-7-5-4-6-8-17)22(20(14-25)31-24)29-16-18-9-11-19(27-2)12-10-18/h3-12,20-26H,1,13-16H2,2H3/t20-,21-,22-,23-,24-/m1/s1. The quantitative estimate of drug-likeness (QED) is 0.530. The summed E-state index contributed by atoms with van der Waals surface area (Å²) in [4.78, 5) is 0. The topological polar surface area (TPSA) is 86.6 Å². The molecule has 0 radical (unpaired) electrons. The molecule has 0 aliphatic carbocycles. The van der Waals surface area contributed by atoms with Crippen LogP contribution in [0.1, 0.15) is 11.1 Å². The van der Waals surface area contributed by atoms with Crippen LogP contribution in [0.4, 0.5) is 0 Å². The van der Waals surface area contributed by atoms with E-state index in [0.29, 0.717) is 0 Å². The average Bonchev–Trinajstić information content (AvgIpc) is 2.82. The summed E-state index contributed by atoms with van der Waals surface area (Å²) in [6.45, 7) is 4.04. The Morgan fingerprint density at radius 3 is 2.19 bits per heavy atom. The molecule has 1 aliphatic heterocycles. The predicted molar refractivity (Wildman–Crippen MR) is 114 cm³/mol. The molecular formula is C24H30O7. The molecule has 5 atom stereocenters. The Bertz CT molecular complexity index is 780. The highest BCUT2D eigenvalue weighted by Gasteiger charge is 2.47. The van der Waals surface area contributed by atoms with Gasteiger partial charge in [0.1, 0.15) is 30.2 Å². The Kier molecular flexibility index (Phi) is 9.02. The van der Waals surface area contributed by atoms with Crippen molar-refractivity contribution in [2.45, 2.75) is 43.9 Å². The van der Waals surface area contributed by atoms with Gasteiger partial charge in [-0.05, 0) is 23.3 Å². The number of ether oxygens (including phenoxy) is 5. The summed E-state index contributed by atoms with van der Waals surface area (Å²) in [5, 5.41) is 20.8. The molecule has 0 unspecified atom stereocenters. The molecule has 2 aromatic carbocycles. The maximum absolute atomic E-state index is 10.9. The minimum absolute atomic E-state index is 0.197.